The Morgan fingerprint density at radius 1 is 1.07 bits per heavy atom. The van der Waals surface area contributed by atoms with Gasteiger partial charge in [-0.05, 0) is 62.0 Å². The van der Waals surface area contributed by atoms with Gasteiger partial charge in [0.25, 0.3) is 0 Å². The van der Waals surface area contributed by atoms with Crippen molar-refractivity contribution >= 4 is 5.97 Å². The van der Waals surface area contributed by atoms with Gasteiger partial charge < -0.3 is 10.2 Å². The number of aliphatic carboxylic acids is 1. The maximum atomic E-state index is 10.5. The van der Waals surface area contributed by atoms with Gasteiger partial charge in [-0.3, -0.25) is 4.79 Å². The van der Waals surface area contributed by atoms with Crippen molar-refractivity contribution in [2.45, 2.75) is 89.6 Å². The first kappa shape index (κ1) is 21.7. The molecule has 150 valence electrons. The van der Waals surface area contributed by atoms with E-state index in [9.17, 15) is 9.90 Å². The molecule has 0 saturated heterocycles. The van der Waals surface area contributed by atoms with Gasteiger partial charge in [0.1, 0.15) is 0 Å². The standard InChI is InChI=1S/C24H36O3/c1-2-3-4-7-10-19-13-15-21(16-14-19)24-20(17-18-22(24)25)11-8-5-6-9-12-23(26)27/h5,8,13-16,20,22,24-25H,2-4,6-7,9-12,17-18H2,1H3,(H,26,27)/b8-5-/t20-,22+,24?/m0/s1. The smallest absolute Gasteiger partial charge is 0.303 e. The lowest BCUT2D eigenvalue weighted by molar-refractivity contribution is -0.137. The van der Waals surface area contributed by atoms with Crippen molar-refractivity contribution in [3.05, 3.63) is 47.5 Å². The molecule has 3 nitrogen and oxygen atoms in total. The second kappa shape index (κ2) is 12.0. The average Bonchev–Trinajstić information content (AvgIpc) is 3.02. The summed E-state index contributed by atoms with van der Waals surface area (Å²) >= 11 is 0. The van der Waals surface area contributed by atoms with Crippen LogP contribution in [0.15, 0.2) is 36.4 Å². The quantitative estimate of drug-likeness (QED) is 0.356. The van der Waals surface area contributed by atoms with Crippen LogP contribution in [0.4, 0.5) is 0 Å². The fraction of sp³-hybridized carbons (Fsp3) is 0.625. The van der Waals surface area contributed by atoms with Crippen LogP contribution in [0.5, 0.6) is 0 Å². The molecule has 3 atom stereocenters. The molecule has 2 rings (SSSR count). The van der Waals surface area contributed by atoms with E-state index in [-0.39, 0.29) is 18.4 Å². The summed E-state index contributed by atoms with van der Waals surface area (Å²) in [4.78, 5) is 10.5. The fourth-order valence-corrected chi connectivity index (χ4v) is 4.24. The second-order valence-corrected chi connectivity index (χ2v) is 7.98. The van der Waals surface area contributed by atoms with Crippen LogP contribution in [0.2, 0.25) is 0 Å². The molecule has 1 aromatic rings. The molecule has 0 bridgehead atoms. The molecule has 0 aromatic heterocycles. The Bertz CT molecular complexity index is 576. The molecule has 3 heteroatoms. The van der Waals surface area contributed by atoms with E-state index in [1.807, 2.05) is 0 Å². The zero-order valence-corrected chi connectivity index (χ0v) is 16.8. The van der Waals surface area contributed by atoms with E-state index in [2.05, 4.69) is 43.3 Å². The largest absolute Gasteiger partial charge is 0.481 e. The number of carboxylic acids is 1. The van der Waals surface area contributed by atoms with Crippen molar-refractivity contribution in [3.63, 3.8) is 0 Å². The van der Waals surface area contributed by atoms with Crippen LogP contribution in [0.25, 0.3) is 0 Å². The number of aliphatic hydroxyl groups is 1. The maximum Gasteiger partial charge on any atom is 0.303 e. The van der Waals surface area contributed by atoms with Crippen molar-refractivity contribution in [3.8, 4) is 0 Å². The molecule has 1 saturated carbocycles. The minimum atomic E-state index is -0.726. The lowest BCUT2D eigenvalue weighted by Gasteiger charge is -2.22. The zero-order valence-electron chi connectivity index (χ0n) is 16.8. The lowest BCUT2D eigenvalue weighted by atomic mass is 9.85. The third-order valence-electron chi connectivity index (χ3n) is 5.81. The molecule has 1 aliphatic carbocycles. The number of allylic oxidation sites excluding steroid dienone is 2. The number of unbranched alkanes of at least 4 members (excludes halogenated alkanes) is 4. The molecule has 1 aromatic carbocycles. The van der Waals surface area contributed by atoms with E-state index in [1.165, 1.54) is 36.8 Å². The monoisotopic (exact) mass is 372 g/mol. The summed E-state index contributed by atoms with van der Waals surface area (Å²) in [7, 11) is 0. The zero-order chi connectivity index (χ0) is 19.5. The summed E-state index contributed by atoms with van der Waals surface area (Å²) < 4.78 is 0. The minimum absolute atomic E-state index is 0.225. The molecular formula is C24H36O3. The number of carbonyl (C=O) groups is 1. The van der Waals surface area contributed by atoms with E-state index in [0.29, 0.717) is 12.3 Å². The molecule has 0 aliphatic heterocycles. The van der Waals surface area contributed by atoms with E-state index in [0.717, 1.165) is 32.1 Å². The number of benzene rings is 1. The second-order valence-electron chi connectivity index (χ2n) is 7.98. The Morgan fingerprint density at radius 2 is 1.85 bits per heavy atom. The van der Waals surface area contributed by atoms with E-state index < -0.39 is 5.97 Å². The number of rotatable bonds is 12. The summed E-state index contributed by atoms with van der Waals surface area (Å²) in [5, 5.41) is 19.2. The van der Waals surface area contributed by atoms with E-state index in [4.69, 9.17) is 5.11 Å². The summed E-state index contributed by atoms with van der Waals surface area (Å²) in [5.41, 5.74) is 2.67. The Labute approximate surface area is 164 Å². The molecule has 1 fully saturated rings. The summed E-state index contributed by atoms with van der Waals surface area (Å²) in [5.74, 6) is -0.0230. The van der Waals surface area contributed by atoms with Crippen LogP contribution in [-0.4, -0.2) is 22.3 Å². The molecular weight excluding hydrogens is 336 g/mol. The SMILES string of the molecule is CCCCCCc1ccc(C2[C@@H](C/C=C\CCCC(=O)O)CC[C@H]2O)cc1. The van der Waals surface area contributed by atoms with Crippen LogP contribution >= 0.6 is 0 Å². The van der Waals surface area contributed by atoms with Gasteiger partial charge in [0.2, 0.25) is 0 Å². The van der Waals surface area contributed by atoms with Gasteiger partial charge in [0, 0.05) is 12.3 Å². The lowest BCUT2D eigenvalue weighted by Crippen LogP contribution is -2.16. The van der Waals surface area contributed by atoms with Crippen LogP contribution in [0.3, 0.4) is 0 Å². The van der Waals surface area contributed by atoms with Crippen LogP contribution in [0.1, 0.15) is 88.2 Å². The molecule has 2 N–H and O–H groups in total. The van der Waals surface area contributed by atoms with E-state index in [1.54, 1.807) is 0 Å². The molecule has 0 amide bonds. The Morgan fingerprint density at radius 3 is 2.56 bits per heavy atom. The van der Waals surface area contributed by atoms with Crippen molar-refractivity contribution in [2.24, 2.45) is 5.92 Å². The first-order valence-electron chi connectivity index (χ1n) is 10.8. The van der Waals surface area contributed by atoms with Crippen LogP contribution < -0.4 is 0 Å². The number of hydrogen-bond donors (Lipinski definition) is 2. The molecule has 0 heterocycles. The number of aryl methyl sites for hydroxylation is 1. The normalized spacial score (nSPS) is 22.5. The van der Waals surface area contributed by atoms with Crippen molar-refractivity contribution in [2.75, 3.05) is 0 Å². The summed E-state index contributed by atoms with van der Waals surface area (Å²) in [6, 6.07) is 8.92. The first-order chi connectivity index (χ1) is 13.1. The fourth-order valence-electron chi connectivity index (χ4n) is 4.24. The van der Waals surface area contributed by atoms with Gasteiger partial charge in [-0.1, -0.05) is 62.6 Å². The number of carboxylic acid groups (broad SMARTS) is 1. The highest BCUT2D eigenvalue weighted by molar-refractivity contribution is 5.66. The third-order valence-corrected chi connectivity index (χ3v) is 5.81. The Hall–Kier alpha value is -1.61. The predicted octanol–water partition coefficient (Wildman–Crippen LogP) is 5.87. The molecule has 0 spiro atoms. The summed E-state index contributed by atoms with van der Waals surface area (Å²) in [6.07, 6.45) is 15.0. The van der Waals surface area contributed by atoms with Gasteiger partial charge in [0.05, 0.1) is 6.10 Å². The highest BCUT2D eigenvalue weighted by Crippen LogP contribution is 2.42. The first-order valence-corrected chi connectivity index (χ1v) is 10.8. The van der Waals surface area contributed by atoms with Gasteiger partial charge in [0.15, 0.2) is 0 Å². The highest BCUT2D eigenvalue weighted by Gasteiger charge is 2.35. The molecule has 1 aliphatic rings. The highest BCUT2D eigenvalue weighted by atomic mass is 16.4. The predicted molar refractivity (Wildman–Crippen MR) is 111 cm³/mol. The van der Waals surface area contributed by atoms with Crippen molar-refractivity contribution < 1.29 is 15.0 Å². The molecule has 1 unspecified atom stereocenters. The maximum absolute atomic E-state index is 10.5. The van der Waals surface area contributed by atoms with Gasteiger partial charge >= 0.3 is 5.97 Å². The Balaban J connectivity index is 1.84. The third kappa shape index (κ3) is 7.50. The van der Waals surface area contributed by atoms with Gasteiger partial charge in [-0.15, -0.1) is 0 Å². The molecule has 27 heavy (non-hydrogen) atoms. The van der Waals surface area contributed by atoms with Gasteiger partial charge in [-0.25, -0.2) is 0 Å². The van der Waals surface area contributed by atoms with Crippen LogP contribution in [-0.2, 0) is 11.2 Å². The van der Waals surface area contributed by atoms with Crippen molar-refractivity contribution in [1.29, 1.82) is 0 Å². The average molecular weight is 373 g/mol. The topological polar surface area (TPSA) is 57.5 Å². The minimum Gasteiger partial charge on any atom is -0.481 e. The number of hydrogen-bond acceptors (Lipinski definition) is 2. The van der Waals surface area contributed by atoms with Crippen molar-refractivity contribution in [1.82, 2.24) is 0 Å². The summed E-state index contributed by atoms with van der Waals surface area (Å²) in [6.45, 7) is 2.24. The van der Waals surface area contributed by atoms with E-state index >= 15 is 0 Å². The van der Waals surface area contributed by atoms with Gasteiger partial charge in [-0.2, -0.15) is 0 Å². The van der Waals surface area contributed by atoms with Crippen LogP contribution in [0, 0.1) is 5.92 Å². The molecule has 0 radical (unpaired) electrons. The Kier molecular flexibility index (Phi) is 9.61. The number of aliphatic hydroxyl groups excluding tert-OH is 1.